The highest BCUT2D eigenvalue weighted by molar-refractivity contribution is 14.1. The molecule has 4 heteroatoms. The van der Waals surface area contributed by atoms with Crippen molar-refractivity contribution in [3.05, 3.63) is 33.4 Å². The van der Waals surface area contributed by atoms with E-state index in [-0.39, 0.29) is 12.6 Å². The number of hydrogen-bond donors (Lipinski definition) is 0. The van der Waals surface area contributed by atoms with Crippen LogP contribution in [0.1, 0.15) is 26.3 Å². The fourth-order valence-electron chi connectivity index (χ4n) is 1.25. The van der Waals surface area contributed by atoms with Crippen LogP contribution in [0.5, 0.6) is 0 Å². The molecule has 1 aromatic rings. The number of esters is 1. The fraction of sp³-hybridized carbons (Fsp3) is 0.462. The number of benzene rings is 1. The van der Waals surface area contributed by atoms with Crippen molar-refractivity contribution in [1.82, 2.24) is 0 Å². The number of halogens is 1. The predicted molar refractivity (Wildman–Crippen MR) is 74.7 cm³/mol. The zero-order valence-corrected chi connectivity index (χ0v) is 12.5. The Labute approximate surface area is 116 Å². The molecule has 94 valence electrons. The largest absolute Gasteiger partial charge is 0.458 e. The van der Waals surface area contributed by atoms with Gasteiger partial charge in [0.05, 0.1) is 6.61 Å². The van der Waals surface area contributed by atoms with Gasteiger partial charge in [0.25, 0.3) is 0 Å². The first-order chi connectivity index (χ1) is 7.87. The maximum absolute atomic E-state index is 11.4. The van der Waals surface area contributed by atoms with E-state index in [9.17, 15) is 4.79 Å². The highest BCUT2D eigenvalue weighted by Gasteiger charge is 2.15. The molecule has 0 aromatic heterocycles. The third kappa shape index (κ3) is 6.63. The van der Waals surface area contributed by atoms with Crippen LogP contribution in [0.15, 0.2) is 24.3 Å². The molecule has 0 amide bonds. The molecule has 1 aromatic carbocycles. The highest BCUT2D eigenvalue weighted by Crippen LogP contribution is 2.10. The monoisotopic (exact) mass is 348 g/mol. The van der Waals surface area contributed by atoms with Crippen LogP contribution in [-0.4, -0.2) is 18.2 Å². The molecule has 0 spiro atoms. The van der Waals surface area contributed by atoms with Crippen molar-refractivity contribution >= 4 is 28.6 Å². The summed E-state index contributed by atoms with van der Waals surface area (Å²) in [6.45, 7) is 5.93. The van der Waals surface area contributed by atoms with Gasteiger partial charge in [-0.3, -0.25) is 0 Å². The molecule has 0 saturated carbocycles. The van der Waals surface area contributed by atoms with Crippen LogP contribution in [0, 0.1) is 3.57 Å². The Hall–Kier alpha value is -0.620. The van der Waals surface area contributed by atoms with Crippen LogP contribution >= 0.6 is 22.6 Å². The Morgan fingerprint density at radius 1 is 1.35 bits per heavy atom. The Kier molecular flexibility index (Phi) is 5.39. The molecule has 0 fully saturated rings. The highest BCUT2D eigenvalue weighted by atomic mass is 127. The molecule has 17 heavy (non-hydrogen) atoms. The van der Waals surface area contributed by atoms with E-state index in [2.05, 4.69) is 22.6 Å². The quantitative estimate of drug-likeness (QED) is 0.620. The molecule has 3 nitrogen and oxygen atoms in total. The van der Waals surface area contributed by atoms with Crippen LogP contribution in [0.25, 0.3) is 0 Å². The first-order valence-corrected chi connectivity index (χ1v) is 6.49. The van der Waals surface area contributed by atoms with E-state index in [4.69, 9.17) is 9.47 Å². The maximum atomic E-state index is 11.4. The van der Waals surface area contributed by atoms with E-state index < -0.39 is 5.60 Å². The van der Waals surface area contributed by atoms with Crippen molar-refractivity contribution in [3.8, 4) is 0 Å². The first kappa shape index (κ1) is 14.4. The van der Waals surface area contributed by atoms with E-state index in [0.717, 1.165) is 9.13 Å². The third-order valence-electron chi connectivity index (χ3n) is 1.80. The second-order valence-electron chi connectivity index (χ2n) is 4.71. The van der Waals surface area contributed by atoms with Crippen molar-refractivity contribution in [3.63, 3.8) is 0 Å². The lowest BCUT2D eigenvalue weighted by Crippen LogP contribution is -2.26. The van der Waals surface area contributed by atoms with Crippen LogP contribution in [0.3, 0.4) is 0 Å². The van der Waals surface area contributed by atoms with Gasteiger partial charge in [-0.15, -0.1) is 0 Å². The summed E-state index contributed by atoms with van der Waals surface area (Å²) in [6.07, 6.45) is 0. The number of hydrogen-bond acceptors (Lipinski definition) is 3. The zero-order chi connectivity index (χ0) is 12.9. The van der Waals surface area contributed by atoms with Crippen LogP contribution in [-0.2, 0) is 20.9 Å². The zero-order valence-electron chi connectivity index (χ0n) is 10.3. The lowest BCUT2D eigenvalue weighted by atomic mass is 10.2. The summed E-state index contributed by atoms with van der Waals surface area (Å²) in [7, 11) is 0. The smallest absolute Gasteiger partial charge is 0.332 e. The predicted octanol–water partition coefficient (Wildman–Crippen LogP) is 3.15. The summed E-state index contributed by atoms with van der Waals surface area (Å²) in [6, 6.07) is 7.97. The molecule has 0 N–H and O–H groups in total. The lowest BCUT2D eigenvalue weighted by Gasteiger charge is -2.19. The molecule has 0 aliphatic rings. The lowest BCUT2D eigenvalue weighted by molar-refractivity contribution is -0.160. The Morgan fingerprint density at radius 3 is 2.65 bits per heavy atom. The Morgan fingerprint density at radius 2 is 2.06 bits per heavy atom. The molecular formula is C13H17IO3. The minimum absolute atomic E-state index is 0.0112. The van der Waals surface area contributed by atoms with Crippen molar-refractivity contribution in [2.45, 2.75) is 33.0 Å². The first-order valence-electron chi connectivity index (χ1n) is 5.41. The fourth-order valence-corrected chi connectivity index (χ4v) is 1.86. The molecule has 0 saturated heterocycles. The van der Waals surface area contributed by atoms with Crippen molar-refractivity contribution < 1.29 is 14.3 Å². The van der Waals surface area contributed by atoms with Gasteiger partial charge in [-0.25, -0.2) is 4.79 Å². The van der Waals surface area contributed by atoms with E-state index in [0.29, 0.717) is 6.61 Å². The average Bonchev–Trinajstić information content (AvgIpc) is 2.14. The molecule has 0 atom stereocenters. The summed E-state index contributed by atoms with van der Waals surface area (Å²) in [4.78, 5) is 11.4. The standard InChI is InChI=1S/C13H17IO3/c1-13(2,3)17-12(15)9-16-8-10-5-4-6-11(14)7-10/h4-7H,8-9H2,1-3H3. The number of rotatable bonds is 4. The number of carbonyl (C=O) groups is 1. The van der Waals surface area contributed by atoms with Crippen molar-refractivity contribution in [2.24, 2.45) is 0 Å². The van der Waals surface area contributed by atoms with Gasteiger partial charge in [-0.05, 0) is 61.1 Å². The minimum atomic E-state index is -0.456. The topological polar surface area (TPSA) is 35.5 Å². The summed E-state index contributed by atoms with van der Waals surface area (Å²) >= 11 is 2.24. The van der Waals surface area contributed by atoms with E-state index in [1.54, 1.807) is 0 Å². The van der Waals surface area contributed by atoms with Gasteiger partial charge in [-0.2, -0.15) is 0 Å². The van der Waals surface area contributed by atoms with Gasteiger partial charge in [0, 0.05) is 3.57 Å². The normalized spacial score (nSPS) is 11.3. The van der Waals surface area contributed by atoms with Gasteiger partial charge in [0.1, 0.15) is 12.2 Å². The molecule has 0 unspecified atom stereocenters. The molecule has 1 rings (SSSR count). The summed E-state index contributed by atoms with van der Waals surface area (Å²) in [5.74, 6) is -0.330. The summed E-state index contributed by atoms with van der Waals surface area (Å²) in [5, 5.41) is 0. The second-order valence-corrected chi connectivity index (χ2v) is 5.95. The Bertz CT molecular complexity index is 382. The number of ether oxygens (including phenoxy) is 2. The molecule has 0 aliphatic carbocycles. The molecule has 0 radical (unpaired) electrons. The molecule has 0 bridgehead atoms. The van der Waals surface area contributed by atoms with E-state index in [1.807, 2.05) is 45.0 Å². The van der Waals surface area contributed by atoms with E-state index >= 15 is 0 Å². The Balaban J connectivity index is 2.31. The maximum Gasteiger partial charge on any atom is 0.332 e. The molecule has 0 aliphatic heterocycles. The van der Waals surface area contributed by atoms with Gasteiger partial charge in [0.2, 0.25) is 0 Å². The summed E-state index contributed by atoms with van der Waals surface area (Å²) < 4.78 is 11.6. The van der Waals surface area contributed by atoms with Crippen LogP contribution < -0.4 is 0 Å². The van der Waals surface area contributed by atoms with Gasteiger partial charge in [-0.1, -0.05) is 12.1 Å². The average molecular weight is 348 g/mol. The van der Waals surface area contributed by atoms with Crippen molar-refractivity contribution in [1.29, 1.82) is 0 Å². The SMILES string of the molecule is CC(C)(C)OC(=O)COCc1cccc(I)c1. The van der Waals surface area contributed by atoms with Gasteiger partial charge < -0.3 is 9.47 Å². The minimum Gasteiger partial charge on any atom is -0.458 e. The molecular weight excluding hydrogens is 331 g/mol. The van der Waals surface area contributed by atoms with Crippen LogP contribution in [0.4, 0.5) is 0 Å². The molecule has 0 heterocycles. The van der Waals surface area contributed by atoms with Gasteiger partial charge >= 0.3 is 5.97 Å². The van der Waals surface area contributed by atoms with Gasteiger partial charge in [0.15, 0.2) is 0 Å². The second kappa shape index (κ2) is 6.35. The summed E-state index contributed by atoms with van der Waals surface area (Å²) in [5.41, 5.74) is 0.600. The van der Waals surface area contributed by atoms with Crippen molar-refractivity contribution in [2.75, 3.05) is 6.61 Å². The van der Waals surface area contributed by atoms with Crippen LogP contribution in [0.2, 0.25) is 0 Å². The number of carbonyl (C=O) groups excluding carboxylic acids is 1. The third-order valence-corrected chi connectivity index (χ3v) is 2.47. The van der Waals surface area contributed by atoms with E-state index in [1.165, 1.54) is 0 Å².